The molecule has 0 saturated heterocycles. The molecule has 8 nitrogen and oxygen atoms in total. The van der Waals surface area contributed by atoms with Gasteiger partial charge in [-0.05, 0) is 42.7 Å². The van der Waals surface area contributed by atoms with Gasteiger partial charge in [-0.25, -0.2) is 10.3 Å². The molecule has 0 heterocycles. The van der Waals surface area contributed by atoms with E-state index in [0.29, 0.717) is 36.4 Å². The van der Waals surface area contributed by atoms with Crippen molar-refractivity contribution in [1.82, 2.24) is 10.8 Å². The Labute approximate surface area is 185 Å². The van der Waals surface area contributed by atoms with E-state index in [-0.39, 0.29) is 18.9 Å². The van der Waals surface area contributed by atoms with Crippen molar-refractivity contribution < 1.29 is 24.3 Å². The van der Waals surface area contributed by atoms with Crippen molar-refractivity contribution in [2.75, 3.05) is 5.32 Å². The lowest BCUT2D eigenvalue weighted by Crippen LogP contribution is -2.44. The summed E-state index contributed by atoms with van der Waals surface area (Å²) in [5, 5.41) is 14.4. The lowest BCUT2D eigenvalue weighted by Gasteiger charge is -2.18. The average molecular weight is 448 g/mol. The molecule has 0 aromatic heterocycles. The highest BCUT2D eigenvalue weighted by Crippen LogP contribution is 2.13. The van der Waals surface area contributed by atoms with Crippen molar-refractivity contribution in [3.05, 3.63) is 65.2 Å². The maximum atomic E-state index is 12.7. The van der Waals surface area contributed by atoms with Gasteiger partial charge in [-0.2, -0.15) is 0 Å². The Kier molecular flexibility index (Phi) is 10.3. The van der Waals surface area contributed by atoms with E-state index in [1.54, 1.807) is 54.0 Å². The van der Waals surface area contributed by atoms with Crippen molar-refractivity contribution in [3.63, 3.8) is 0 Å². The second kappa shape index (κ2) is 13.3. The minimum Gasteiger partial charge on any atom is -0.445 e. The van der Waals surface area contributed by atoms with Crippen LogP contribution in [0.5, 0.6) is 0 Å². The Morgan fingerprint density at radius 3 is 2.48 bits per heavy atom. The highest BCUT2D eigenvalue weighted by Gasteiger charge is 2.21. The zero-order chi connectivity index (χ0) is 22.5. The molecule has 0 fully saturated rings. The quantitative estimate of drug-likeness (QED) is 0.236. The number of hydroxylamine groups is 1. The van der Waals surface area contributed by atoms with Crippen LogP contribution in [0.3, 0.4) is 0 Å². The van der Waals surface area contributed by atoms with Crippen molar-refractivity contribution in [2.24, 2.45) is 0 Å². The number of rotatable bonds is 11. The Morgan fingerprint density at radius 2 is 1.77 bits per heavy atom. The van der Waals surface area contributed by atoms with E-state index in [1.165, 1.54) is 0 Å². The Bertz CT molecular complexity index is 863. The molecular formula is C22H26ClN3O5. The predicted molar refractivity (Wildman–Crippen MR) is 117 cm³/mol. The van der Waals surface area contributed by atoms with Crippen LogP contribution >= 0.6 is 11.6 Å². The first kappa shape index (κ1) is 24.2. The summed E-state index contributed by atoms with van der Waals surface area (Å²) in [5.41, 5.74) is 2.93. The molecule has 0 unspecified atom stereocenters. The third-order valence-corrected chi connectivity index (χ3v) is 4.67. The summed E-state index contributed by atoms with van der Waals surface area (Å²) in [6, 6.07) is 15.1. The van der Waals surface area contributed by atoms with Gasteiger partial charge in [-0.15, -0.1) is 0 Å². The Balaban J connectivity index is 1.89. The van der Waals surface area contributed by atoms with Gasteiger partial charge in [0, 0.05) is 17.1 Å². The lowest BCUT2D eigenvalue weighted by molar-refractivity contribution is -0.129. The van der Waals surface area contributed by atoms with Crippen molar-refractivity contribution in [3.8, 4) is 0 Å². The van der Waals surface area contributed by atoms with E-state index < -0.39 is 18.0 Å². The number of nitrogens with one attached hydrogen (secondary N) is 3. The molecule has 0 aliphatic carbocycles. The topological polar surface area (TPSA) is 117 Å². The number of benzene rings is 2. The number of unbranched alkanes of at least 4 members (excludes halogenated alkanes) is 2. The Hall–Kier alpha value is -3.10. The number of para-hydroxylation sites is 1. The van der Waals surface area contributed by atoms with Gasteiger partial charge in [0.15, 0.2) is 0 Å². The monoisotopic (exact) mass is 447 g/mol. The van der Waals surface area contributed by atoms with Crippen LogP contribution in [-0.4, -0.2) is 29.2 Å². The third-order valence-electron chi connectivity index (χ3n) is 4.43. The highest BCUT2D eigenvalue weighted by atomic mass is 35.5. The maximum Gasteiger partial charge on any atom is 0.408 e. The van der Waals surface area contributed by atoms with Gasteiger partial charge in [0.05, 0.1) is 0 Å². The molecule has 31 heavy (non-hydrogen) atoms. The Morgan fingerprint density at radius 1 is 1.00 bits per heavy atom. The van der Waals surface area contributed by atoms with Crippen LogP contribution in [0.15, 0.2) is 54.6 Å². The van der Waals surface area contributed by atoms with E-state index in [4.69, 9.17) is 21.5 Å². The maximum absolute atomic E-state index is 12.7. The molecule has 166 valence electrons. The summed E-state index contributed by atoms with van der Waals surface area (Å²) in [5.74, 6) is -0.819. The van der Waals surface area contributed by atoms with Crippen LogP contribution in [0.4, 0.5) is 10.5 Å². The number of hydrogen-bond acceptors (Lipinski definition) is 5. The van der Waals surface area contributed by atoms with Crippen LogP contribution in [0.25, 0.3) is 0 Å². The van der Waals surface area contributed by atoms with E-state index in [0.717, 1.165) is 5.56 Å². The largest absolute Gasteiger partial charge is 0.445 e. The zero-order valence-electron chi connectivity index (χ0n) is 17.0. The number of hydrogen-bond donors (Lipinski definition) is 4. The summed E-state index contributed by atoms with van der Waals surface area (Å²) >= 11 is 5.93. The number of halogens is 1. The fourth-order valence-electron chi connectivity index (χ4n) is 2.85. The summed E-state index contributed by atoms with van der Waals surface area (Å²) in [6.07, 6.45) is 1.64. The number of amides is 3. The molecule has 0 saturated carbocycles. The molecule has 4 N–H and O–H groups in total. The van der Waals surface area contributed by atoms with Crippen LogP contribution in [0.1, 0.15) is 37.7 Å². The minimum absolute atomic E-state index is 0.0235. The minimum atomic E-state index is -0.807. The first-order valence-electron chi connectivity index (χ1n) is 9.94. The normalized spacial score (nSPS) is 11.3. The van der Waals surface area contributed by atoms with Gasteiger partial charge in [0.2, 0.25) is 11.8 Å². The number of carbonyl (C=O) groups excluding carboxylic acids is 3. The van der Waals surface area contributed by atoms with Gasteiger partial charge in [0.1, 0.15) is 12.6 Å². The SMILES string of the molecule is O=C(CCCCC[C@H](NC(=O)OCc1cccc(Cl)c1)C(=O)Nc1ccccc1)NO. The molecule has 9 heteroatoms. The summed E-state index contributed by atoms with van der Waals surface area (Å²) in [4.78, 5) is 36.0. The summed E-state index contributed by atoms with van der Waals surface area (Å²) in [6.45, 7) is 0.0235. The van der Waals surface area contributed by atoms with Gasteiger partial charge >= 0.3 is 6.09 Å². The van der Waals surface area contributed by atoms with Gasteiger partial charge in [-0.1, -0.05) is 54.8 Å². The molecule has 2 rings (SSSR count). The molecule has 0 bridgehead atoms. The fraction of sp³-hybridized carbons (Fsp3) is 0.318. The molecule has 2 aromatic carbocycles. The van der Waals surface area contributed by atoms with Crippen LogP contribution in [-0.2, 0) is 20.9 Å². The molecule has 0 aliphatic heterocycles. The van der Waals surface area contributed by atoms with E-state index >= 15 is 0 Å². The highest BCUT2D eigenvalue weighted by molar-refractivity contribution is 6.30. The third kappa shape index (κ3) is 9.50. The molecule has 0 aliphatic rings. The predicted octanol–water partition coefficient (Wildman–Crippen LogP) is 4.03. The zero-order valence-corrected chi connectivity index (χ0v) is 17.7. The molecule has 3 amide bonds. The number of carbonyl (C=O) groups is 3. The van der Waals surface area contributed by atoms with Gasteiger partial charge in [-0.3, -0.25) is 14.8 Å². The van der Waals surface area contributed by atoms with Gasteiger partial charge in [0.25, 0.3) is 0 Å². The van der Waals surface area contributed by atoms with E-state index in [2.05, 4.69) is 10.6 Å². The number of alkyl carbamates (subject to hydrolysis) is 1. The van der Waals surface area contributed by atoms with E-state index in [9.17, 15) is 14.4 Å². The standard InChI is InChI=1S/C22H26ClN3O5/c23-17-9-7-8-16(14-17)15-31-22(29)25-19(12-5-2-6-13-20(27)26-30)21(28)24-18-10-3-1-4-11-18/h1,3-4,7-11,14,19,30H,2,5-6,12-13,15H2,(H,24,28)(H,25,29)(H,26,27)/t19-/m0/s1. The number of ether oxygens (including phenoxy) is 1. The van der Waals surface area contributed by atoms with Crippen LogP contribution in [0.2, 0.25) is 5.02 Å². The smallest absolute Gasteiger partial charge is 0.408 e. The first-order chi connectivity index (χ1) is 15.0. The fourth-order valence-corrected chi connectivity index (χ4v) is 3.06. The van der Waals surface area contributed by atoms with Crippen LogP contribution < -0.4 is 16.1 Å². The van der Waals surface area contributed by atoms with Gasteiger partial charge < -0.3 is 15.4 Å². The van der Waals surface area contributed by atoms with E-state index in [1.807, 2.05) is 6.07 Å². The van der Waals surface area contributed by atoms with Crippen LogP contribution in [0, 0.1) is 0 Å². The van der Waals surface area contributed by atoms with Crippen molar-refractivity contribution in [1.29, 1.82) is 0 Å². The second-order valence-electron chi connectivity index (χ2n) is 6.89. The first-order valence-corrected chi connectivity index (χ1v) is 10.3. The van der Waals surface area contributed by atoms with Crippen molar-refractivity contribution >= 4 is 35.2 Å². The molecule has 1 atom stereocenters. The lowest BCUT2D eigenvalue weighted by atomic mass is 10.1. The average Bonchev–Trinajstić information content (AvgIpc) is 2.77. The molecule has 2 aromatic rings. The molecule has 0 radical (unpaired) electrons. The van der Waals surface area contributed by atoms with Crippen molar-refractivity contribution in [2.45, 2.75) is 44.8 Å². The summed E-state index contributed by atoms with van der Waals surface area (Å²) < 4.78 is 5.22. The molecule has 0 spiro atoms. The second-order valence-corrected chi connectivity index (χ2v) is 7.33. The number of anilines is 1. The summed E-state index contributed by atoms with van der Waals surface area (Å²) in [7, 11) is 0. The molecular weight excluding hydrogens is 422 g/mol.